The number of rotatable bonds is 6. The molecule has 2 N–H and O–H groups in total. The summed E-state index contributed by atoms with van der Waals surface area (Å²) in [5.74, 6) is -2.13. The maximum absolute atomic E-state index is 11.6. The van der Waals surface area contributed by atoms with Gasteiger partial charge in [-0.15, -0.1) is 0 Å². The Morgan fingerprint density at radius 3 is 1.38 bits per heavy atom. The second-order valence-electron chi connectivity index (χ2n) is 7.92. The molecule has 0 bridgehead atoms. The van der Waals surface area contributed by atoms with Gasteiger partial charge in [-0.25, -0.2) is 0 Å². The summed E-state index contributed by atoms with van der Waals surface area (Å²) in [6.45, 7) is 11.2. The molecule has 0 fully saturated rings. The van der Waals surface area contributed by atoms with Crippen LogP contribution >= 0.6 is 0 Å². The van der Waals surface area contributed by atoms with Crippen molar-refractivity contribution >= 4 is 23.5 Å². The molecule has 0 rings (SSSR count). The van der Waals surface area contributed by atoms with Gasteiger partial charge in [-0.1, -0.05) is 0 Å². The van der Waals surface area contributed by atoms with Gasteiger partial charge in [-0.2, -0.15) is 0 Å². The van der Waals surface area contributed by atoms with Crippen molar-refractivity contribution in [2.24, 2.45) is 5.41 Å². The number of carbonyl (C=O) groups excluding carboxylic acids is 4. The predicted octanol–water partition coefficient (Wildman–Crippen LogP) is 1.20. The van der Waals surface area contributed by atoms with Gasteiger partial charge in [0.25, 0.3) is 0 Å². The minimum atomic E-state index is -1.84. The van der Waals surface area contributed by atoms with Crippen LogP contribution in [0.4, 0.5) is 0 Å². The summed E-state index contributed by atoms with van der Waals surface area (Å²) in [6, 6.07) is 0. The van der Waals surface area contributed by atoms with Gasteiger partial charge in [0.2, 0.25) is 0 Å². The molecule has 0 radical (unpaired) electrons. The summed E-state index contributed by atoms with van der Waals surface area (Å²) < 4.78 is 9.86. The van der Waals surface area contributed by atoms with Crippen LogP contribution in [-0.4, -0.2) is 58.1 Å². The second-order valence-corrected chi connectivity index (χ2v) is 7.92. The molecule has 0 saturated heterocycles. The fraction of sp³-hybridized carbons (Fsp3) is 0.778. The molecule has 0 saturated carbocycles. The summed E-state index contributed by atoms with van der Waals surface area (Å²) in [5.41, 5.74) is -3.10. The molecule has 0 atom stereocenters. The molecule has 0 aromatic heterocycles. The number of Topliss-reactive ketones (excluding diaryl/α,β-unsaturated/α-hetero) is 2. The lowest BCUT2D eigenvalue weighted by atomic mass is 9.85. The van der Waals surface area contributed by atoms with E-state index in [0.717, 1.165) is 6.92 Å². The first kappa shape index (κ1) is 26.4. The van der Waals surface area contributed by atoms with Gasteiger partial charge in [0.15, 0.2) is 11.2 Å². The molecule has 0 aromatic carbocycles. The van der Waals surface area contributed by atoms with Crippen LogP contribution in [0.25, 0.3) is 0 Å². The van der Waals surface area contributed by atoms with E-state index >= 15 is 0 Å². The topological polar surface area (TPSA) is 127 Å². The third-order valence-electron chi connectivity index (χ3n) is 2.82. The molecule has 0 heterocycles. The third kappa shape index (κ3) is 10.9. The van der Waals surface area contributed by atoms with Crippen molar-refractivity contribution in [3.63, 3.8) is 0 Å². The van der Waals surface area contributed by atoms with E-state index in [2.05, 4.69) is 0 Å². The molecule has 0 aliphatic rings. The van der Waals surface area contributed by atoms with E-state index in [-0.39, 0.29) is 12.2 Å². The molecule has 0 unspecified atom stereocenters. The number of aliphatic hydroxyl groups excluding tert-OH is 2. The smallest absolute Gasteiger partial charge is 0.324 e. The Bertz CT molecular complexity index is 504. The van der Waals surface area contributed by atoms with Crippen LogP contribution in [0.3, 0.4) is 0 Å². The minimum Gasteiger partial charge on any atom is -0.460 e. The number of hydrogen-bond acceptors (Lipinski definition) is 8. The van der Waals surface area contributed by atoms with Gasteiger partial charge in [0.1, 0.15) is 23.4 Å². The van der Waals surface area contributed by atoms with E-state index in [1.807, 2.05) is 0 Å². The van der Waals surface area contributed by atoms with Gasteiger partial charge < -0.3 is 19.7 Å². The fourth-order valence-electron chi connectivity index (χ4n) is 1.50. The molecule has 8 nitrogen and oxygen atoms in total. The van der Waals surface area contributed by atoms with Crippen molar-refractivity contribution in [3.8, 4) is 0 Å². The average molecular weight is 376 g/mol. The Hall–Kier alpha value is -1.80. The number of ketones is 2. The summed E-state index contributed by atoms with van der Waals surface area (Å²) in [6.07, 6.45) is -0.128. The molecule has 152 valence electrons. The van der Waals surface area contributed by atoms with E-state index in [0.29, 0.717) is 0 Å². The Labute approximate surface area is 154 Å². The largest absolute Gasteiger partial charge is 0.460 e. The normalized spacial score (nSPS) is 11.8. The maximum atomic E-state index is 11.6. The quantitative estimate of drug-likeness (QED) is 0.523. The van der Waals surface area contributed by atoms with Crippen LogP contribution in [0.15, 0.2) is 0 Å². The van der Waals surface area contributed by atoms with Gasteiger partial charge in [0.05, 0.1) is 13.2 Å². The first-order valence-corrected chi connectivity index (χ1v) is 8.18. The van der Waals surface area contributed by atoms with Crippen molar-refractivity contribution in [2.45, 2.75) is 73.0 Å². The van der Waals surface area contributed by atoms with E-state index in [4.69, 9.17) is 19.7 Å². The van der Waals surface area contributed by atoms with Gasteiger partial charge in [-0.3, -0.25) is 19.2 Å². The fourth-order valence-corrected chi connectivity index (χ4v) is 1.50. The van der Waals surface area contributed by atoms with Crippen LogP contribution in [-0.2, 0) is 28.7 Å². The molecule has 0 aromatic rings. The standard InChI is InChI=1S/C10H18O5.C8H14O3/c1-7(13)10(5-11,6-12)8(14)15-9(2,3)4;1-6(9)5-7(10)11-8(2,3)4/h11-12H,5-6H2,1-4H3;5H2,1-4H3. The van der Waals surface area contributed by atoms with Gasteiger partial charge in [0, 0.05) is 0 Å². The van der Waals surface area contributed by atoms with Crippen LogP contribution in [0.1, 0.15) is 61.8 Å². The minimum absolute atomic E-state index is 0.128. The zero-order valence-electron chi connectivity index (χ0n) is 17.0. The van der Waals surface area contributed by atoms with Crippen molar-refractivity contribution in [1.29, 1.82) is 0 Å². The number of ether oxygens (including phenoxy) is 2. The van der Waals surface area contributed by atoms with Gasteiger partial charge in [-0.05, 0) is 55.4 Å². The number of hydrogen-bond donors (Lipinski definition) is 2. The SMILES string of the molecule is CC(=O)C(CO)(CO)C(=O)OC(C)(C)C.CC(=O)CC(=O)OC(C)(C)C. The summed E-state index contributed by atoms with van der Waals surface area (Å²) in [4.78, 5) is 44.1. The summed E-state index contributed by atoms with van der Waals surface area (Å²) in [7, 11) is 0. The molecule has 0 aliphatic carbocycles. The third-order valence-corrected chi connectivity index (χ3v) is 2.82. The molecule has 8 heteroatoms. The Balaban J connectivity index is 0. The zero-order valence-corrected chi connectivity index (χ0v) is 17.0. The predicted molar refractivity (Wildman–Crippen MR) is 94.3 cm³/mol. The van der Waals surface area contributed by atoms with Crippen LogP contribution < -0.4 is 0 Å². The summed E-state index contributed by atoms with van der Waals surface area (Å²) >= 11 is 0. The van der Waals surface area contributed by atoms with Crippen molar-refractivity contribution < 1.29 is 38.9 Å². The van der Waals surface area contributed by atoms with Gasteiger partial charge >= 0.3 is 11.9 Å². The maximum Gasteiger partial charge on any atom is 0.324 e. The summed E-state index contributed by atoms with van der Waals surface area (Å²) in [5, 5.41) is 18.1. The van der Waals surface area contributed by atoms with E-state index in [1.54, 1.807) is 41.5 Å². The van der Waals surface area contributed by atoms with Crippen LogP contribution in [0.2, 0.25) is 0 Å². The van der Waals surface area contributed by atoms with Crippen LogP contribution in [0.5, 0.6) is 0 Å². The number of aliphatic hydroxyl groups is 2. The number of esters is 2. The first-order valence-electron chi connectivity index (χ1n) is 8.18. The first-order chi connectivity index (χ1) is 11.5. The highest BCUT2D eigenvalue weighted by atomic mass is 16.6. The van der Waals surface area contributed by atoms with E-state index < -0.39 is 47.6 Å². The molecular weight excluding hydrogens is 344 g/mol. The van der Waals surface area contributed by atoms with Crippen LogP contribution in [0, 0.1) is 5.41 Å². The number of carbonyl (C=O) groups is 4. The van der Waals surface area contributed by atoms with E-state index in [9.17, 15) is 19.2 Å². The molecular formula is C18H32O8. The lowest BCUT2D eigenvalue weighted by Gasteiger charge is -2.29. The highest BCUT2D eigenvalue weighted by molar-refractivity contribution is 6.03. The Morgan fingerprint density at radius 1 is 0.769 bits per heavy atom. The Kier molecular flexibility index (Phi) is 10.5. The lowest BCUT2D eigenvalue weighted by Crippen LogP contribution is -2.48. The molecule has 26 heavy (non-hydrogen) atoms. The highest BCUT2D eigenvalue weighted by Gasteiger charge is 2.45. The molecule has 0 amide bonds. The molecule has 0 spiro atoms. The highest BCUT2D eigenvalue weighted by Crippen LogP contribution is 2.23. The Morgan fingerprint density at radius 2 is 1.15 bits per heavy atom. The lowest BCUT2D eigenvalue weighted by molar-refractivity contribution is -0.175. The average Bonchev–Trinajstić information content (AvgIpc) is 2.35. The zero-order chi connectivity index (χ0) is 21.3. The van der Waals surface area contributed by atoms with Crippen molar-refractivity contribution in [3.05, 3.63) is 0 Å². The van der Waals surface area contributed by atoms with Crippen molar-refractivity contribution in [2.75, 3.05) is 13.2 Å². The van der Waals surface area contributed by atoms with Crippen molar-refractivity contribution in [1.82, 2.24) is 0 Å². The second kappa shape index (κ2) is 10.4. The van der Waals surface area contributed by atoms with E-state index in [1.165, 1.54) is 6.92 Å². The monoisotopic (exact) mass is 376 g/mol. The molecule has 0 aliphatic heterocycles.